The number of aromatic nitrogens is 7. The molecule has 10 saturated carbocycles. The van der Waals surface area contributed by atoms with Crippen LogP contribution in [0.1, 0.15) is 315 Å². The summed E-state index contributed by atoms with van der Waals surface area (Å²) in [7, 11) is 3.99. The third kappa shape index (κ3) is 16.7. The van der Waals surface area contributed by atoms with Crippen molar-refractivity contribution < 1.29 is 28.7 Å². The van der Waals surface area contributed by atoms with E-state index in [-0.39, 0.29) is 58.5 Å². The van der Waals surface area contributed by atoms with E-state index in [1.54, 1.807) is 11.1 Å². The molecule has 18 heteroatoms. The first-order chi connectivity index (χ1) is 66.9. The van der Waals surface area contributed by atoms with E-state index in [1.165, 1.54) is 230 Å². The second kappa shape index (κ2) is 38.0. The van der Waals surface area contributed by atoms with Crippen LogP contribution < -0.4 is 16.0 Å². The number of nitrogens with zero attached hydrogens (tertiary/aromatic N) is 9. The minimum Gasteiger partial charge on any atom is -0.371 e. The maximum Gasteiger partial charge on any atom is 0.248 e. The Morgan fingerprint density at radius 3 is 1.22 bits per heavy atom. The van der Waals surface area contributed by atoms with Gasteiger partial charge < -0.3 is 35.2 Å². The Morgan fingerprint density at radius 1 is 0.367 bits per heavy atom. The number of rotatable bonds is 5. The van der Waals surface area contributed by atoms with Crippen molar-refractivity contribution in [1.29, 1.82) is 0 Å². The highest BCUT2D eigenvalue weighted by Crippen LogP contribution is 2.73. The molecule has 0 aromatic carbocycles. The Morgan fingerprint density at radius 2 is 0.770 bits per heavy atom. The molecule has 3 N–H and O–H groups in total. The van der Waals surface area contributed by atoms with Crippen LogP contribution in [0.25, 0.3) is 28.0 Å². The van der Waals surface area contributed by atoms with E-state index in [2.05, 4.69) is 221 Å². The van der Waals surface area contributed by atoms with Gasteiger partial charge in [-0.1, -0.05) is 117 Å². The fraction of sp³-hybridized carbons (Fsp3) is 0.702. The van der Waals surface area contributed by atoms with Gasteiger partial charge in [0, 0.05) is 124 Å². The van der Waals surface area contributed by atoms with Crippen LogP contribution in [-0.2, 0) is 28.7 Å². The molecule has 10 heterocycles. The third-order valence-electron chi connectivity index (χ3n) is 45.5. The molecule has 5 saturated heterocycles. The van der Waals surface area contributed by atoms with Crippen molar-refractivity contribution in [2.24, 2.45) is 161 Å². The lowest BCUT2D eigenvalue weighted by Gasteiger charge is -2.59. The summed E-state index contributed by atoms with van der Waals surface area (Å²) in [6, 6.07) is 13.9. The van der Waals surface area contributed by atoms with Gasteiger partial charge in [-0.15, -0.1) is 5.10 Å². The van der Waals surface area contributed by atoms with Crippen molar-refractivity contribution in [3.63, 3.8) is 0 Å². The average Bonchev–Trinajstić information content (AvgIpc) is 1.63. The molecule has 0 radical (unpaired) electrons. The molecule has 2 unspecified atom stereocenters. The lowest BCUT2D eigenvalue weighted by atomic mass is 9.46. The zero-order valence-electron chi connectivity index (χ0n) is 87.1. The number of nitrogens with one attached hydrogen (secondary N) is 3. The smallest absolute Gasteiger partial charge is 0.248 e. The molecule has 20 aliphatic rings. The number of likely N-dealkylation sites (N-methyl/N-ethyl adjacent to an activating group) is 2. The summed E-state index contributed by atoms with van der Waals surface area (Å²) in [5.74, 6) is 14.7. The highest BCUT2D eigenvalue weighted by Gasteiger charge is 2.66. The van der Waals surface area contributed by atoms with E-state index in [4.69, 9.17) is 9.47 Å². The molecule has 18 nitrogen and oxygen atoms in total. The molecule has 0 spiro atoms. The normalized spacial score (nSPS) is 43.1. The SMILES string of the molecule is C[C@]12CCCC(=O)NC[C@@H]1CC[C@@H]1[C@@H]2CC[C@]2(C)C(c3cccnc3)=CC[C@@H]12.C[C@]12CCCNC[C@@H]1CC[C@@H]1[C@@H]2CC[C@]2(C)C(n3ccnn3)=CC[C@@H]12.C[C@]12CCNC(=O)CC[C@@H]1CC[C@@H]1[C@@H]2CC[C@]2(C)C(c3cccnc3)=CC[C@@H]12.Cc1cncc(C2=CC[C@H]3[C@@H]4CCC5N(C)C(=O)COC[C@]5(C)[C@H]4CC[C@]23C)c1.Cc1cncc(C2=CC[C@H]3[C@@H]4CCC5N(C)C(=O)COC[C@]5(C)[C@H]4CC[C@]23C)c1. The van der Waals surface area contributed by atoms with Crippen LogP contribution in [0.15, 0.2) is 129 Å². The third-order valence-corrected chi connectivity index (χ3v) is 45.5. The van der Waals surface area contributed by atoms with Gasteiger partial charge in [0.2, 0.25) is 23.6 Å². The summed E-state index contributed by atoms with van der Waals surface area (Å²) < 4.78 is 13.9. The van der Waals surface area contributed by atoms with Gasteiger partial charge in [-0.05, 0) is 450 Å². The van der Waals surface area contributed by atoms with Crippen LogP contribution >= 0.6 is 0 Å². The molecule has 0 bridgehead atoms. The Labute approximate surface area is 832 Å². The van der Waals surface area contributed by atoms with E-state index < -0.39 is 0 Å². The molecule has 5 aliphatic heterocycles. The van der Waals surface area contributed by atoms with Crippen LogP contribution in [0.3, 0.4) is 0 Å². The number of amides is 4. The number of hydrogen-bond acceptors (Lipinski definition) is 13. The minimum atomic E-state index is 0.0683. The maximum atomic E-state index is 12.4. The molecule has 5 aromatic heterocycles. The lowest BCUT2D eigenvalue weighted by Crippen LogP contribution is -2.58. The summed E-state index contributed by atoms with van der Waals surface area (Å²) in [5.41, 5.74) is 18.2. The van der Waals surface area contributed by atoms with E-state index in [1.807, 2.05) is 65.8 Å². The standard InChI is InChI=1S/2C25H34N2O2.2C25H34N2O.C21H32N4/c2*1-16-11-17(13-26-12-16)19-6-7-20-18-5-8-22-25(3,15-29-14-23(28)27(22)4)21(18)9-10-24(19,20)2;1-24-12-3-6-23(28)27-16-18(24)7-8-19-21-10-9-20(17-5-4-14-26-15-17)25(21,2)13-11-22(19)24;1-24-13-15-27-23(28)10-6-18(24)5-7-19-21-9-8-20(17-4-3-14-26-16-17)25(21,2)12-11-22(19)24;1-20-9-3-11-22-14-15(20)4-5-16-17-6-7-19(25-13-12-23-24-25)21(17,2)10-8-18(16)20/h2*6,11-13,18,20-22H,5,7-10,14-15H2,1-4H3;4-5,9,14-15,18-19,21-22H,3,6-8,10-13,16H2,1-2H3,(H,27,28);3-4,8,14,16,18-19,21-22H,5-7,9-13,15H2,1-2H3,(H,27,28);7,12-13,15-18,22H,3-6,8-11,14H2,1-2H3/t2*18-,20-,21-,22?,24+,25+;2*18-,19-,21-,22-,24-,25+;15-,16-,17-,18-,20-,21-/m00000/s1. The molecule has 15 fully saturated rings. The van der Waals surface area contributed by atoms with Crippen molar-refractivity contribution in [3.8, 4) is 0 Å². The summed E-state index contributed by atoms with van der Waals surface area (Å²) in [6.45, 7) is 35.6. The summed E-state index contributed by atoms with van der Waals surface area (Å²) in [5, 5.41) is 18.5. The monoisotopic (exact) mass is 1890 g/mol. The number of hydrogen-bond donors (Lipinski definition) is 3. The molecular formula is C121H168N12O6. The largest absolute Gasteiger partial charge is 0.371 e. The molecule has 15 aliphatic carbocycles. The fourth-order valence-electron chi connectivity index (χ4n) is 38.2. The second-order valence-electron chi connectivity index (χ2n) is 51.4. The first kappa shape index (κ1) is 97.3. The van der Waals surface area contributed by atoms with Crippen molar-refractivity contribution in [2.75, 3.05) is 66.7 Å². The van der Waals surface area contributed by atoms with Gasteiger partial charge in [0.1, 0.15) is 13.2 Å². The van der Waals surface area contributed by atoms with Crippen LogP contribution in [0.2, 0.25) is 0 Å². The molecule has 139 heavy (non-hydrogen) atoms. The predicted molar refractivity (Wildman–Crippen MR) is 553 cm³/mol. The summed E-state index contributed by atoms with van der Waals surface area (Å²) in [6.07, 6.45) is 72.9. The predicted octanol–water partition coefficient (Wildman–Crippen LogP) is 23.4. The minimum absolute atomic E-state index is 0.0683. The summed E-state index contributed by atoms with van der Waals surface area (Å²) in [4.78, 5) is 70.5. The Balaban J connectivity index is 0.000000103. The summed E-state index contributed by atoms with van der Waals surface area (Å²) >= 11 is 0. The zero-order valence-corrected chi connectivity index (χ0v) is 87.1. The highest BCUT2D eigenvalue weighted by molar-refractivity contribution is 5.80. The van der Waals surface area contributed by atoms with E-state index in [0.29, 0.717) is 92.4 Å². The maximum absolute atomic E-state index is 12.4. The first-order valence-electron chi connectivity index (χ1n) is 55.8. The van der Waals surface area contributed by atoms with Gasteiger partial charge in [-0.2, -0.15) is 0 Å². The number of fused-ring (bicyclic) bond motifs is 25. The Hall–Kier alpha value is -7.80. The van der Waals surface area contributed by atoms with Crippen LogP contribution in [-0.4, -0.2) is 147 Å². The van der Waals surface area contributed by atoms with Crippen molar-refractivity contribution >= 4 is 51.6 Å². The number of allylic oxidation sites excluding steroid dienone is 10. The number of aryl methyl sites for hydroxylation is 2. The highest BCUT2D eigenvalue weighted by atomic mass is 16.5. The van der Waals surface area contributed by atoms with Gasteiger partial charge in [-0.25, -0.2) is 4.68 Å². The second-order valence-corrected chi connectivity index (χ2v) is 51.4. The van der Waals surface area contributed by atoms with E-state index >= 15 is 0 Å². The van der Waals surface area contributed by atoms with Crippen LogP contribution in [0.5, 0.6) is 0 Å². The van der Waals surface area contributed by atoms with Gasteiger partial charge in [0.05, 0.1) is 25.6 Å². The van der Waals surface area contributed by atoms with Gasteiger partial charge in [0.15, 0.2) is 0 Å². The lowest BCUT2D eigenvalue weighted by molar-refractivity contribution is -0.138. The van der Waals surface area contributed by atoms with E-state index in [9.17, 15) is 19.2 Å². The average molecular weight is 1890 g/mol. The quantitative estimate of drug-likeness (QED) is 0.150. The van der Waals surface area contributed by atoms with Crippen LogP contribution in [0.4, 0.5) is 0 Å². The van der Waals surface area contributed by atoms with Crippen molar-refractivity contribution in [2.45, 2.75) is 307 Å². The number of ether oxygens (including phenoxy) is 2. The molecular weight excluding hydrogens is 1720 g/mol. The van der Waals surface area contributed by atoms with Crippen molar-refractivity contribution in [3.05, 3.63) is 162 Å². The number of carbonyl (C=O) groups excluding carboxylic acids is 4. The fourth-order valence-corrected chi connectivity index (χ4v) is 38.2. The number of carbonyl (C=O) groups is 4. The topological polar surface area (TPSA) is 212 Å². The van der Waals surface area contributed by atoms with E-state index in [0.717, 1.165) is 130 Å². The van der Waals surface area contributed by atoms with Gasteiger partial charge in [-0.3, -0.25) is 39.1 Å². The molecule has 748 valence electrons. The number of pyridine rings is 4. The molecule has 30 atom stereocenters. The Kier molecular flexibility index (Phi) is 26.6. The van der Waals surface area contributed by atoms with Crippen molar-refractivity contribution in [1.82, 2.24) is 60.7 Å². The van der Waals surface area contributed by atoms with Gasteiger partial charge >= 0.3 is 0 Å². The molecule has 25 rings (SSSR count). The molecule has 5 aromatic rings. The zero-order chi connectivity index (χ0) is 96.6. The first-order valence-corrected chi connectivity index (χ1v) is 55.8. The van der Waals surface area contributed by atoms with Crippen LogP contribution in [0, 0.1) is 175 Å². The molecule has 4 amide bonds. The van der Waals surface area contributed by atoms with Gasteiger partial charge in [0.25, 0.3) is 0 Å². The Bertz CT molecular complexity index is 5240.